The van der Waals surface area contributed by atoms with Crippen LogP contribution in [0.25, 0.3) is 0 Å². The molecule has 0 fully saturated rings. The fourth-order valence-corrected chi connectivity index (χ4v) is 3.17. The lowest BCUT2D eigenvalue weighted by Crippen LogP contribution is -2.34. The Morgan fingerprint density at radius 2 is 1.42 bits per heavy atom. The molecule has 0 aliphatic heterocycles. The minimum absolute atomic E-state index is 0.101. The highest BCUT2D eigenvalue weighted by Crippen LogP contribution is 2.30. The van der Waals surface area contributed by atoms with Crippen molar-refractivity contribution < 1.29 is 19.7 Å². The maximum absolute atomic E-state index is 11.3. The number of carboxylic acid groups (broad SMARTS) is 1. The van der Waals surface area contributed by atoms with E-state index in [2.05, 4.69) is 27.7 Å². The highest BCUT2D eigenvalue weighted by molar-refractivity contribution is 5.72. The molecule has 1 atom stereocenters. The number of carboxylic acids is 1. The molecule has 24 heavy (non-hydrogen) atoms. The molecule has 1 N–H and O–H groups in total. The van der Waals surface area contributed by atoms with Crippen LogP contribution in [0.15, 0.2) is 0 Å². The molecule has 0 spiro atoms. The lowest BCUT2D eigenvalue weighted by molar-refractivity contribution is -0.376. The first kappa shape index (κ1) is 23.4. The van der Waals surface area contributed by atoms with Crippen LogP contribution in [0.2, 0.25) is 0 Å². The van der Waals surface area contributed by atoms with E-state index in [0.29, 0.717) is 6.42 Å². The smallest absolute Gasteiger partial charge is 0.336 e. The fourth-order valence-electron chi connectivity index (χ4n) is 3.17. The highest BCUT2D eigenvalue weighted by Gasteiger charge is 2.30. The molecular formula is C20H40O4. The van der Waals surface area contributed by atoms with Gasteiger partial charge in [0.1, 0.15) is 0 Å². The maximum atomic E-state index is 11.3. The number of rotatable bonds is 14. The van der Waals surface area contributed by atoms with Crippen LogP contribution in [0.1, 0.15) is 106 Å². The van der Waals surface area contributed by atoms with Crippen LogP contribution >= 0.6 is 0 Å². The van der Waals surface area contributed by atoms with Gasteiger partial charge in [-0.3, -0.25) is 0 Å². The van der Waals surface area contributed by atoms with Crippen molar-refractivity contribution in [3.63, 3.8) is 0 Å². The van der Waals surface area contributed by atoms with Gasteiger partial charge in [0.15, 0.2) is 6.10 Å². The third-order valence-corrected chi connectivity index (χ3v) is 3.94. The van der Waals surface area contributed by atoms with E-state index >= 15 is 0 Å². The van der Waals surface area contributed by atoms with Gasteiger partial charge in [0, 0.05) is 0 Å². The summed E-state index contributed by atoms with van der Waals surface area (Å²) in [5.41, 5.74) is -0.394. The van der Waals surface area contributed by atoms with Crippen LogP contribution in [-0.4, -0.2) is 22.8 Å². The van der Waals surface area contributed by atoms with E-state index in [1.54, 1.807) is 0 Å². The molecule has 0 aromatic heterocycles. The molecule has 0 bridgehead atoms. The summed E-state index contributed by atoms with van der Waals surface area (Å²) in [6.07, 6.45) is 9.97. The Balaban J connectivity index is 4.00. The van der Waals surface area contributed by atoms with E-state index in [9.17, 15) is 9.90 Å². The Bertz CT molecular complexity index is 331. The second-order valence-corrected chi connectivity index (χ2v) is 8.77. The normalized spacial score (nSPS) is 13.9. The van der Waals surface area contributed by atoms with Gasteiger partial charge in [-0.15, -0.1) is 0 Å². The van der Waals surface area contributed by atoms with Crippen LogP contribution in [0.5, 0.6) is 0 Å². The Kier molecular flexibility index (Phi) is 11.6. The molecule has 144 valence electrons. The summed E-state index contributed by atoms with van der Waals surface area (Å²) < 4.78 is 0. The lowest BCUT2D eigenvalue weighted by Gasteiger charge is -2.31. The summed E-state index contributed by atoms with van der Waals surface area (Å²) in [5, 5.41) is 9.30. The molecular weight excluding hydrogens is 304 g/mol. The van der Waals surface area contributed by atoms with Gasteiger partial charge in [0.25, 0.3) is 0 Å². The zero-order valence-corrected chi connectivity index (χ0v) is 16.8. The van der Waals surface area contributed by atoms with Crippen molar-refractivity contribution in [2.75, 3.05) is 0 Å². The zero-order valence-electron chi connectivity index (χ0n) is 16.8. The standard InChI is InChI=1S/C20H40O4/c1-7-8-9-10-11-12-13-14-15-17(18(21)22)23-24-20(5,6)16-19(2,3)4/h17H,7-16H2,1-6H3,(H,21,22). The molecule has 1 unspecified atom stereocenters. The summed E-state index contributed by atoms with van der Waals surface area (Å²) in [4.78, 5) is 22.1. The van der Waals surface area contributed by atoms with Crippen LogP contribution in [0.4, 0.5) is 0 Å². The molecule has 0 amide bonds. The molecule has 0 radical (unpaired) electrons. The van der Waals surface area contributed by atoms with Gasteiger partial charge in [0.2, 0.25) is 0 Å². The Hall–Kier alpha value is -0.610. The minimum atomic E-state index is -0.940. The number of unbranched alkanes of at least 4 members (excludes halogenated alkanes) is 7. The van der Waals surface area contributed by atoms with E-state index in [0.717, 1.165) is 19.3 Å². The summed E-state index contributed by atoms with van der Waals surface area (Å²) in [5.74, 6) is -0.940. The topological polar surface area (TPSA) is 55.8 Å². The first-order chi connectivity index (χ1) is 11.1. The summed E-state index contributed by atoms with van der Waals surface area (Å²) in [7, 11) is 0. The minimum Gasteiger partial charge on any atom is -0.479 e. The summed E-state index contributed by atoms with van der Waals surface area (Å²) in [6.45, 7) is 12.5. The molecule has 4 heteroatoms. The van der Waals surface area contributed by atoms with Crippen molar-refractivity contribution >= 4 is 5.97 Å². The highest BCUT2D eigenvalue weighted by atomic mass is 17.2. The molecule has 0 saturated carbocycles. The maximum Gasteiger partial charge on any atom is 0.336 e. The number of hydrogen-bond acceptors (Lipinski definition) is 3. The third-order valence-electron chi connectivity index (χ3n) is 3.94. The van der Waals surface area contributed by atoms with E-state index < -0.39 is 17.7 Å². The van der Waals surface area contributed by atoms with Crippen molar-refractivity contribution in [1.82, 2.24) is 0 Å². The van der Waals surface area contributed by atoms with Crippen LogP contribution in [0.3, 0.4) is 0 Å². The molecule has 0 saturated heterocycles. The van der Waals surface area contributed by atoms with Crippen molar-refractivity contribution in [1.29, 1.82) is 0 Å². The van der Waals surface area contributed by atoms with Crippen molar-refractivity contribution in [2.24, 2.45) is 5.41 Å². The predicted molar refractivity (Wildman–Crippen MR) is 99.0 cm³/mol. The summed E-state index contributed by atoms with van der Waals surface area (Å²) in [6, 6.07) is 0. The lowest BCUT2D eigenvalue weighted by atomic mass is 9.84. The van der Waals surface area contributed by atoms with E-state index in [-0.39, 0.29) is 5.41 Å². The van der Waals surface area contributed by atoms with Crippen LogP contribution in [-0.2, 0) is 14.6 Å². The number of hydrogen-bond donors (Lipinski definition) is 1. The molecule has 0 aromatic rings. The van der Waals surface area contributed by atoms with Crippen molar-refractivity contribution in [3.8, 4) is 0 Å². The third kappa shape index (κ3) is 13.8. The first-order valence-electron chi connectivity index (χ1n) is 9.65. The quantitative estimate of drug-likeness (QED) is 0.234. The Morgan fingerprint density at radius 3 is 1.88 bits per heavy atom. The second kappa shape index (κ2) is 11.9. The SMILES string of the molecule is CCCCCCCCCCC(OOC(C)(C)CC(C)(C)C)C(=O)O. The van der Waals surface area contributed by atoms with Gasteiger partial charge in [-0.2, -0.15) is 0 Å². The van der Waals surface area contributed by atoms with Gasteiger partial charge in [-0.25, -0.2) is 14.6 Å². The number of aliphatic carboxylic acids is 1. The molecule has 0 rings (SSSR count). The first-order valence-corrected chi connectivity index (χ1v) is 9.65. The van der Waals surface area contributed by atoms with E-state index in [1.165, 1.54) is 38.5 Å². The van der Waals surface area contributed by atoms with Gasteiger partial charge >= 0.3 is 5.97 Å². The molecule has 0 aromatic carbocycles. The average molecular weight is 345 g/mol. The van der Waals surface area contributed by atoms with Gasteiger partial charge < -0.3 is 5.11 Å². The van der Waals surface area contributed by atoms with E-state index in [1.807, 2.05) is 13.8 Å². The fraction of sp³-hybridized carbons (Fsp3) is 0.950. The zero-order chi connectivity index (χ0) is 18.6. The Morgan fingerprint density at radius 1 is 0.917 bits per heavy atom. The van der Waals surface area contributed by atoms with E-state index in [4.69, 9.17) is 9.78 Å². The molecule has 0 aliphatic carbocycles. The number of carbonyl (C=O) groups is 1. The van der Waals surface area contributed by atoms with Gasteiger partial charge in [0.05, 0.1) is 5.60 Å². The second-order valence-electron chi connectivity index (χ2n) is 8.77. The summed E-state index contributed by atoms with van der Waals surface area (Å²) >= 11 is 0. The Labute approximate surface area is 149 Å². The van der Waals surface area contributed by atoms with Crippen LogP contribution in [0, 0.1) is 5.41 Å². The molecule has 0 aliphatic rings. The molecule has 0 heterocycles. The van der Waals surface area contributed by atoms with Crippen molar-refractivity contribution in [2.45, 2.75) is 117 Å². The molecule has 4 nitrogen and oxygen atoms in total. The van der Waals surface area contributed by atoms with Gasteiger partial charge in [-0.1, -0.05) is 79.1 Å². The van der Waals surface area contributed by atoms with Crippen molar-refractivity contribution in [3.05, 3.63) is 0 Å². The van der Waals surface area contributed by atoms with Gasteiger partial charge in [-0.05, 0) is 32.1 Å². The average Bonchev–Trinajstić information content (AvgIpc) is 2.41. The predicted octanol–water partition coefficient (Wildman–Crippen LogP) is 6.13. The largest absolute Gasteiger partial charge is 0.479 e. The monoisotopic (exact) mass is 344 g/mol. The van der Waals surface area contributed by atoms with Crippen LogP contribution < -0.4 is 0 Å².